The van der Waals surface area contributed by atoms with Crippen LogP contribution in [0.1, 0.15) is 40.2 Å². The van der Waals surface area contributed by atoms with Gasteiger partial charge in [-0.2, -0.15) is 0 Å². The van der Waals surface area contributed by atoms with Crippen LogP contribution in [0.25, 0.3) is 0 Å². The highest BCUT2D eigenvalue weighted by Gasteiger charge is 2.30. The number of benzene rings is 1. The number of thioether (sulfide) groups is 1. The van der Waals surface area contributed by atoms with Crippen molar-refractivity contribution in [3.63, 3.8) is 0 Å². The van der Waals surface area contributed by atoms with Gasteiger partial charge in [0.1, 0.15) is 0 Å². The maximum absolute atomic E-state index is 11.3. The Morgan fingerprint density at radius 1 is 1.47 bits per heavy atom. The van der Waals surface area contributed by atoms with Gasteiger partial charge in [0, 0.05) is 10.5 Å². The van der Waals surface area contributed by atoms with Crippen molar-refractivity contribution in [1.29, 1.82) is 0 Å². The summed E-state index contributed by atoms with van der Waals surface area (Å²) in [4.78, 5) is 12.6. The molecule has 1 nitrogen and oxygen atoms in total. The van der Waals surface area contributed by atoms with Gasteiger partial charge in [0.05, 0.1) is 0 Å². The van der Waals surface area contributed by atoms with Gasteiger partial charge in [0.25, 0.3) is 5.24 Å². The van der Waals surface area contributed by atoms with E-state index in [1.807, 2.05) is 12.1 Å². The maximum Gasteiger partial charge on any atom is 0.252 e. The quantitative estimate of drug-likeness (QED) is 0.587. The zero-order valence-corrected chi connectivity index (χ0v) is 10.4. The molecule has 0 atom stereocenters. The monoisotopic (exact) mass is 240 g/mol. The Morgan fingerprint density at radius 2 is 2.13 bits per heavy atom. The summed E-state index contributed by atoms with van der Waals surface area (Å²) in [6.07, 6.45) is 4.43. The first-order chi connectivity index (χ1) is 7.15. The lowest BCUT2D eigenvalue weighted by atomic mass is 10.0. The second-order valence-corrected chi connectivity index (χ2v) is 5.08. The Labute approximate surface area is 99.2 Å². The van der Waals surface area contributed by atoms with Crippen molar-refractivity contribution in [2.45, 2.75) is 30.6 Å². The number of aryl methyl sites for hydroxylation is 1. The highest BCUT2D eigenvalue weighted by atomic mass is 35.5. The van der Waals surface area contributed by atoms with Crippen molar-refractivity contribution < 1.29 is 4.79 Å². The summed E-state index contributed by atoms with van der Waals surface area (Å²) in [5, 5.41) is -0.327. The van der Waals surface area contributed by atoms with Crippen molar-refractivity contribution in [1.82, 2.24) is 0 Å². The first kappa shape index (κ1) is 11.0. The molecule has 1 aliphatic carbocycles. The largest absolute Gasteiger partial charge is 0.276 e. The molecule has 0 saturated heterocycles. The lowest BCUT2D eigenvalue weighted by Crippen LogP contribution is -2.00. The molecular formula is C12H13ClOS. The number of halogens is 1. The zero-order valence-electron chi connectivity index (χ0n) is 8.84. The molecule has 0 unspecified atom stereocenters. The topological polar surface area (TPSA) is 17.1 Å². The van der Waals surface area contributed by atoms with Crippen LogP contribution in [0.2, 0.25) is 0 Å². The molecule has 0 amide bonds. The first-order valence-electron chi connectivity index (χ1n) is 5.02. The van der Waals surface area contributed by atoms with E-state index in [-0.39, 0.29) is 5.24 Å². The Bertz CT molecular complexity index is 410. The van der Waals surface area contributed by atoms with E-state index in [4.69, 9.17) is 11.6 Å². The third kappa shape index (κ3) is 2.06. The zero-order chi connectivity index (χ0) is 11.0. The van der Waals surface area contributed by atoms with Crippen LogP contribution in [-0.2, 0) is 0 Å². The van der Waals surface area contributed by atoms with Crippen molar-refractivity contribution in [2.24, 2.45) is 0 Å². The van der Waals surface area contributed by atoms with Gasteiger partial charge >= 0.3 is 0 Å². The number of rotatable bonds is 3. The van der Waals surface area contributed by atoms with Crippen molar-refractivity contribution in [2.75, 3.05) is 6.26 Å². The van der Waals surface area contributed by atoms with Gasteiger partial charge in [-0.15, -0.1) is 11.8 Å². The van der Waals surface area contributed by atoms with Crippen LogP contribution < -0.4 is 0 Å². The van der Waals surface area contributed by atoms with Gasteiger partial charge in [-0.05, 0) is 60.7 Å². The van der Waals surface area contributed by atoms with E-state index < -0.39 is 0 Å². The molecule has 0 bridgehead atoms. The molecule has 1 aromatic rings. The maximum atomic E-state index is 11.3. The highest BCUT2D eigenvalue weighted by Crippen LogP contribution is 2.46. The predicted octanol–water partition coefficient (Wildman–Crippen LogP) is 3.97. The Hall–Kier alpha value is -0.470. The van der Waals surface area contributed by atoms with Crippen LogP contribution >= 0.6 is 23.4 Å². The molecule has 0 N–H and O–H groups in total. The molecule has 0 radical (unpaired) electrons. The number of carbonyl (C=O) groups is 1. The average molecular weight is 241 g/mol. The van der Waals surface area contributed by atoms with E-state index in [1.165, 1.54) is 28.9 Å². The van der Waals surface area contributed by atoms with Crippen LogP contribution in [0, 0.1) is 6.92 Å². The Morgan fingerprint density at radius 3 is 2.60 bits per heavy atom. The summed E-state index contributed by atoms with van der Waals surface area (Å²) in [7, 11) is 0. The molecule has 3 heteroatoms. The van der Waals surface area contributed by atoms with Crippen LogP contribution in [-0.4, -0.2) is 11.5 Å². The lowest BCUT2D eigenvalue weighted by molar-refractivity contribution is 0.108. The molecule has 15 heavy (non-hydrogen) atoms. The van der Waals surface area contributed by atoms with Crippen LogP contribution in [0.3, 0.4) is 0 Å². The van der Waals surface area contributed by atoms with Gasteiger partial charge < -0.3 is 0 Å². The summed E-state index contributed by atoms with van der Waals surface area (Å²) < 4.78 is 0. The molecule has 2 rings (SSSR count). The summed E-state index contributed by atoms with van der Waals surface area (Å²) in [5.41, 5.74) is 3.13. The second-order valence-electron chi connectivity index (χ2n) is 3.92. The van der Waals surface area contributed by atoms with Crippen molar-refractivity contribution in [3.8, 4) is 0 Å². The molecule has 80 valence electrons. The van der Waals surface area contributed by atoms with E-state index >= 15 is 0 Å². The molecule has 0 heterocycles. The van der Waals surface area contributed by atoms with Gasteiger partial charge in [-0.1, -0.05) is 6.07 Å². The molecule has 1 fully saturated rings. The summed E-state index contributed by atoms with van der Waals surface area (Å²) >= 11 is 7.32. The van der Waals surface area contributed by atoms with Gasteiger partial charge in [0.2, 0.25) is 0 Å². The Kier molecular flexibility index (Phi) is 3.08. The normalized spacial score (nSPS) is 15.4. The molecule has 1 aliphatic rings. The fourth-order valence-electron chi connectivity index (χ4n) is 1.93. The molecule has 0 aromatic heterocycles. The summed E-state index contributed by atoms with van der Waals surface area (Å²) in [6, 6.07) is 3.84. The third-order valence-corrected chi connectivity index (χ3v) is 3.95. The second kappa shape index (κ2) is 4.18. The van der Waals surface area contributed by atoms with Crippen LogP contribution in [0.15, 0.2) is 17.0 Å². The number of carbonyl (C=O) groups excluding carboxylic acids is 1. The average Bonchev–Trinajstić information content (AvgIpc) is 2.99. The molecular weight excluding hydrogens is 228 g/mol. The standard InChI is InChI=1S/C12H13ClOS/c1-7-3-6-9(12(13)14)10(8-4-5-8)11(7)15-2/h3,6,8H,4-5H2,1-2H3. The van der Waals surface area contributed by atoms with E-state index in [2.05, 4.69) is 13.2 Å². The van der Waals surface area contributed by atoms with Crippen molar-refractivity contribution in [3.05, 3.63) is 28.8 Å². The van der Waals surface area contributed by atoms with E-state index in [0.29, 0.717) is 11.5 Å². The number of hydrogen-bond donors (Lipinski definition) is 0. The minimum atomic E-state index is -0.327. The Balaban J connectivity index is 2.60. The first-order valence-corrected chi connectivity index (χ1v) is 6.62. The van der Waals surface area contributed by atoms with Crippen LogP contribution in [0.5, 0.6) is 0 Å². The number of hydrogen-bond acceptors (Lipinski definition) is 2. The van der Waals surface area contributed by atoms with Gasteiger partial charge in [-0.25, -0.2) is 0 Å². The minimum Gasteiger partial charge on any atom is -0.276 e. The third-order valence-electron chi connectivity index (χ3n) is 2.79. The molecule has 1 saturated carbocycles. The SMILES string of the molecule is CSc1c(C)ccc(C(=O)Cl)c1C1CC1. The van der Waals surface area contributed by atoms with Gasteiger partial charge in [-0.3, -0.25) is 4.79 Å². The summed E-state index contributed by atoms with van der Waals surface area (Å²) in [6.45, 7) is 2.08. The molecule has 0 spiro atoms. The highest BCUT2D eigenvalue weighted by molar-refractivity contribution is 7.98. The molecule has 1 aromatic carbocycles. The fraction of sp³-hybridized carbons (Fsp3) is 0.417. The minimum absolute atomic E-state index is 0.327. The lowest BCUT2D eigenvalue weighted by Gasteiger charge is -2.12. The molecule has 0 aliphatic heterocycles. The van der Waals surface area contributed by atoms with Crippen LogP contribution in [0.4, 0.5) is 0 Å². The fourth-order valence-corrected chi connectivity index (χ4v) is 2.98. The van der Waals surface area contributed by atoms with Gasteiger partial charge in [0.15, 0.2) is 0 Å². The van der Waals surface area contributed by atoms with Crippen molar-refractivity contribution >= 4 is 28.6 Å². The van der Waals surface area contributed by atoms with E-state index in [1.54, 1.807) is 11.8 Å². The van der Waals surface area contributed by atoms with E-state index in [9.17, 15) is 4.79 Å². The summed E-state index contributed by atoms with van der Waals surface area (Å²) in [5.74, 6) is 0.560. The smallest absolute Gasteiger partial charge is 0.252 e. The predicted molar refractivity (Wildman–Crippen MR) is 65.1 cm³/mol. The van der Waals surface area contributed by atoms with E-state index in [0.717, 1.165) is 0 Å².